The van der Waals surface area contributed by atoms with E-state index >= 15 is 0 Å². The molecule has 0 bridgehead atoms. The average molecular weight is 347 g/mol. The normalized spacial score (nSPS) is 9.69. The highest BCUT2D eigenvalue weighted by Gasteiger charge is 2.00. The van der Waals surface area contributed by atoms with Crippen molar-refractivity contribution in [1.29, 1.82) is 0 Å². The van der Waals surface area contributed by atoms with Crippen molar-refractivity contribution in [2.24, 2.45) is 5.73 Å². The number of carboxylic acid groups (broad SMARTS) is 1. The van der Waals surface area contributed by atoms with Gasteiger partial charge in [0, 0.05) is 12.0 Å². The molecule has 0 aliphatic heterocycles. The zero-order valence-corrected chi connectivity index (χ0v) is 14.3. The summed E-state index contributed by atoms with van der Waals surface area (Å²) in [6, 6.07) is 26.9. The number of nitrogens with two attached hydrogens (primary N) is 1. The summed E-state index contributed by atoms with van der Waals surface area (Å²) in [6.07, 6.45) is 0.773. The summed E-state index contributed by atoms with van der Waals surface area (Å²) in [6.45, 7) is 0. The number of hydrogen-bond donors (Lipinski definition) is 2. The van der Waals surface area contributed by atoms with Crippen LogP contribution in [0.5, 0.6) is 0 Å². The van der Waals surface area contributed by atoms with Crippen LogP contribution in [0.1, 0.15) is 22.3 Å². The van der Waals surface area contributed by atoms with E-state index in [4.69, 9.17) is 10.8 Å². The minimum absolute atomic E-state index is 0.185. The van der Waals surface area contributed by atoms with Crippen LogP contribution in [0.4, 0.5) is 0 Å². The molecule has 3 aromatic rings. The number of amides is 1. The van der Waals surface area contributed by atoms with Crippen LogP contribution in [0, 0.1) is 0 Å². The molecule has 0 saturated carbocycles. The topological polar surface area (TPSA) is 80.4 Å². The summed E-state index contributed by atoms with van der Waals surface area (Å²) < 4.78 is 0. The molecule has 0 fully saturated rings. The van der Waals surface area contributed by atoms with E-state index in [1.54, 1.807) is 24.3 Å². The van der Waals surface area contributed by atoms with E-state index in [2.05, 4.69) is 12.1 Å². The molecule has 26 heavy (non-hydrogen) atoms. The molecule has 0 unspecified atom stereocenters. The maximum atomic E-state index is 10.5. The first-order valence-electron chi connectivity index (χ1n) is 8.27. The maximum Gasteiger partial charge on any atom is 0.303 e. The van der Waals surface area contributed by atoms with E-state index < -0.39 is 5.97 Å². The van der Waals surface area contributed by atoms with Crippen molar-refractivity contribution in [1.82, 2.24) is 0 Å². The largest absolute Gasteiger partial charge is 0.481 e. The SMILES string of the molecule is NC(=O)c1ccccc1.O=C(O)CCc1ccc(-c2ccccc2)cc1. The van der Waals surface area contributed by atoms with Crippen LogP contribution >= 0.6 is 0 Å². The minimum atomic E-state index is -0.753. The van der Waals surface area contributed by atoms with Gasteiger partial charge in [-0.3, -0.25) is 9.59 Å². The predicted molar refractivity (Wildman–Crippen MR) is 103 cm³/mol. The van der Waals surface area contributed by atoms with Crippen molar-refractivity contribution >= 4 is 11.9 Å². The van der Waals surface area contributed by atoms with Crippen LogP contribution < -0.4 is 5.73 Å². The highest BCUT2D eigenvalue weighted by molar-refractivity contribution is 5.92. The van der Waals surface area contributed by atoms with Crippen molar-refractivity contribution in [3.05, 3.63) is 96.1 Å². The van der Waals surface area contributed by atoms with Crippen LogP contribution in [0.3, 0.4) is 0 Å². The van der Waals surface area contributed by atoms with E-state index in [1.165, 1.54) is 5.56 Å². The summed E-state index contributed by atoms with van der Waals surface area (Å²) in [5.41, 5.74) is 8.93. The summed E-state index contributed by atoms with van der Waals surface area (Å²) in [7, 11) is 0. The number of rotatable bonds is 5. The van der Waals surface area contributed by atoms with Crippen molar-refractivity contribution < 1.29 is 14.7 Å². The van der Waals surface area contributed by atoms with Gasteiger partial charge in [0.25, 0.3) is 0 Å². The number of carbonyl (C=O) groups excluding carboxylic acids is 1. The van der Waals surface area contributed by atoms with E-state index in [0.717, 1.165) is 11.1 Å². The molecule has 0 heterocycles. The van der Waals surface area contributed by atoms with Gasteiger partial charge >= 0.3 is 5.97 Å². The van der Waals surface area contributed by atoms with Crippen molar-refractivity contribution in [3.8, 4) is 11.1 Å². The molecule has 3 aromatic carbocycles. The Morgan fingerprint density at radius 1 is 0.731 bits per heavy atom. The molecule has 0 aromatic heterocycles. The zero-order valence-electron chi connectivity index (χ0n) is 14.3. The molecular weight excluding hydrogens is 326 g/mol. The number of aryl methyl sites for hydroxylation is 1. The lowest BCUT2D eigenvalue weighted by molar-refractivity contribution is -0.136. The highest BCUT2D eigenvalue weighted by Crippen LogP contribution is 2.19. The van der Waals surface area contributed by atoms with Crippen LogP contribution in [0.25, 0.3) is 11.1 Å². The first kappa shape index (κ1) is 18.9. The number of benzene rings is 3. The van der Waals surface area contributed by atoms with Crippen molar-refractivity contribution in [3.63, 3.8) is 0 Å². The van der Waals surface area contributed by atoms with Gasteiger partial charge in [0.05, 0.1) is 0 Å². The Labute approximate surface area is 152 Å². The number of carboxylic acids is 1. The van der Waals surface area contributed by atoms with E-state index in [0.29, 0.717) is 12.0 Å². The van der Waals surface area contributed by atoms with Crippen LogP contribution in [0.2, 0.25) is 0 Å². The van der Waals surface area contributed by atoms with E-state index in [9.17, 15) is 9.59 Å². The Morgan fingerprint density at radius 3 is 1.69 bits per heavy atom. The number of aliphatic carboxylic acids is 1. The standard InChI is InChI=1S/C15H14O2.C7H7NO/c16-15(17)11-8-12-6-9-14(10-7-12)13-4-2-1-3-5-13;8-7(9)6-4-2-1-3-5-6/h1-7,9-10H,8,11H2,(H,16,17);1-5H,(H2,8,9). The molecule has 1 amide bonds. The van der Waals surface area contributed by atoms with Crippen LogP contribution in [0.15, 0.2) is 84.9 Å². The molecule has 0 aliphatic rings. The maximum absolute atomic E-state index is 10.5. The average Bonchev–Trinajstić information content (AvgIpc) is 2.68. The second-order valence-electron chi connectivity index (χ2n) is 5.69. The van der Waals surface area contributed by atoms with Gasteiger partial charge in [0.2, 0.25) is 5.91 Å². The Kier molecular flexibility index (Phi) is 7.13. The second-order valence-corrected chi connectivity index (χ2v) is 5.69. The Balaban J connectivity index is 0.000000228. The predicted octanol–water partition coefficient (Wildman–Crippen LogP) is 4.16. The summed E-state index contributed by atoms with van der Waals surface area (Å²) in [5, 5.41) is 8.61. The molecular formula is C22H21NO3. The van der Waals surface area contributed by atoms with Gasteiger partial charge in [-0.25, -0.2) is 0 Å². The van der Waals surface area contributed by atoms with Gasteiger partial charge in [0.1, 0.15) is 0 Å². The smallest absolute Gasteiger partial charge is 0.303 e. The lowest BCUT2D eigenvalue weighted by atomic mass is 10.0. The fraction of sp³-hybridized carbons (Fsp3) is 0.0909. The molecule has 4 nitrogen and oxygen atoms in total. The van der Waals surface area contributed by atoms with E-state index in [1.807, 2.05) is 48.5 Å². The quantitative estimate of drug-likeness (QED) is 0.727. The summed E-state index contributed by atoms with van der Waals surface area (Å²) in [4.78, 5) is 20.9. The molecule has 0 saturated heterocycles. The van der Waals surface area contributed by atoms with Gasteiger partial charge < -0.3 is 10.8 Å². The van der Waals surface area contributed by atoms with Gasteiger partial charge in [-0.1, -0.05) is 72.8 Å². The van der Waals surface area contributed by atoms with Crippen molar-refractivity contribution in [2.75, 3.05) is 0 Å². The third-order valence-electron chi connectivity index (χ3n) is 3.75. The number of hydrogen-bond acceptors (Lipinski definition) is 2. The van der Waals surface area contributed by atoms with Crippen LogP contribution in [-0.2, 0) is 11.2 Å². The molecule has 3 rings (SSSR count). The molecule has 0 radical (unpaired) electrons. The third kappa shape index (κ3) is 6.24. The summed E-state index contributed by atoms with van der Waals surface area (Å²) >= 11 is 0. The molecule has 3 N–H and O–H groups in total. The lowest BCUT2D eigenvalue weighted by Gasteiger charge is -2.03. The highest BCUT2D eigenvalue weighted by atomic mass is 16.4. The Hall–Kier alpha value is -3.40. The Morgan fingerprint density at radius 2 is 1.23 bits per heavy atom. The third-order valence-corrected chi connectivity index (χ3v) is 3.75. The Bertz CT molecular complexity index is 828. The fourth-order valence-electron chi connectivity index (χ4n) is 2.35. The summed E-state index contributed by atoms with van der Waals surface area (Å²) in [5.74, 6) is -1.13. The first-order valence-corrected chi connectivity index (χ1v) is 8.27. The monoisotopic (exact) mass is 347 g/mol. The van der Waals surface area contributed by atoms with Gasteiger partial charge in [-0.2, -0.15) is 0 Å². The molecule has 0 aliphatic carbocycles. The first-order chi connectivity index (χ1) is 12.6. The molecule has 4 heteroatoms. The minimum Gasteiger partial charge on any atom is -0.481 e. The fourth-order valence-corrected chi connectivity index (χ4v) is 2.35. The second kappa shape index (κ2) is 9.79. The van der Waals surface area contributed by atoms with Crippen molar-refractivity contribution in [2.45, 2.75) is 12.8 Å². The van der Waals surface area contributed by atoms with Crippen LogP contribution in [-0.4, -0.2) is 17.0 Å². The molecule has 0 atom stereocenters. The zero-order chi connectivity index (χ0) is 18.8. The number of primary amides is 1. The molecule has 132 valence electrons. The van der Waals surface area contributed by atoms with Gasteiger partial charge in [0.15, 0.2) is 0 Å². The van der Waals surface area contributed by atoms with Gasteiger partial charge in [-0.05, 0) is 35.2 Å². The molecule has 0 spiro atoms. The van der Waals surface area contributed by atoms with E-state index in [-0.39, 0.29) is 12.3 Å². The number of carbonyl (C=O) groups is 2. The lowest BCUT2D eigenvalue weighted by Crippen LogP contribution is -2.09. The van der Waals surface area contributed by atoms with Gasteiger partial charge in [-0.15, -0.1) is 0 Å².